The van der Waals surface area contributed by atoms with Crippen LogP contribution < -0.4 is 4.74 Å². The molecule has 20 heavy (non-hydrogen) atoms. The second kappa shape index (κ2) is 6.69. The van der Waals surface area contributed by atoms with E-state index >= 15 is 0 Å². The van der Waals surface area contributed by atoms with Crippen LogP contribution in [0.1, 0.15) is 16.1 Å². The molecule has 104 valence electrons. The minimum absolute atomic E-state index is 0.153. The van der Waals surface area contributed by atoms with Crippen molar-refractivity contribution in [2.75, 3.05) is 0 Å². The maximum absolute atomic E-state index is 10.7. The van der Waals surface area contributed by atoms with Crippen LogP contribution in [0.5, 0.6) is 5.75 Å². The van der Waals surface area contributed by atoms with Crippen LogP contribution in [0.3, 0.4) is 0 Å². The van der Waals surface area contributed by atoms with Gasteiger partial charge in [0, 0.05) is 10.7 Å². The molecule has 0 aliphatic rings. The fourth-order valence-electron chi connectivity index (χ4n) is 1.45. The molecule has 0 spiro atoms. The molecule has 0 aliphatic heterocycles. The fourth-order valence-corrected chi connectivity index (χ4v) is 3.94. The molecular weight excluding hydrogens is 458 g/mol. The average molecular weight is 466 g/mol. The summed E-state index contributed by atoms with van der Waals surface area (Å²) >= 11 is 10.2. The second-order valence-electron chi connectivity index (χ2n) is 3.83. The number of aromatic carboxylic acids is 1. The van der Waals surface area contributed by atoms with Gasteiger partial charge in [-0.25, -0.2) is 4.79 Å². The van der Waals surface area contributed by atoms with E-state index in [-0.39, 0.29) is 12.2 Å². The molecule has 7 heteroatoms. The number of carbonyl (C=O) groups is 1. The maximum atomic E-state index is 10.7. The van der Waals surface area contributed by atoms with E-state index in [1.807, 2.05) is 12.1 Å². The molecule has 0 unspecified atom stereocenters. The Morgan fingerprint density at radius 1 is 1.20 bits per heavy atom. The smallest absolute Gasteiger partial charge is 0.337 e. The topological polar surface area (TPSA) is 59.4 Å². The molecule has 0 amide bonds. The number of hydrogen-bond acceptors (Lipinski definition) is 3. The number of aromatic nitrogens is 1. The van der Waals surface area contributed by atoms with Crippen molar-refractivity contribution < 1.29 is 14.6 Å². The van der Waals surface area contributed by atoms with Crippen LogP contribution in [-0.2, 0) is 6.61 Å². The number of pyridine rings is 1. The third kappa shape index (κ3) is 3.80. The lowest BCUT2D eigenvalue weighted by molar-refractivity contribution is 0.0696. The van der Waals surface area contributed by atoms with Gasteiger partial charge < -0.3 is 9.84 Å². The Labute approximate surface area is 140 Å². The van der Waals surface area contributed by atoms with E-state index in [2.05, 4.69) is 52.8 Å². The molecule has 1 aromatic carbocycles. The van der Waals surface area contributed by atoms with Crippen LogP contribution >= 0.6 is 47.8 Å². The van der Waals surface area contributed by atoms with Gasteiger partial charge in [-0.2, -0.15) is 0 Å². The summed E-state index contributed by atoms with van der Waals surface area (Å²) < 4.78 is 8.22. The van der Waals surface area contributed by atoms with Crippen LogP contribution in [0, 0.1) is 0 Å². The quantitative estimate of drug-likeness (QED) is 0.714. The van der Waals surface area contributed by atoms with Gasteiger partial charge in [-0.15, -0.1) is 0 Å². The lowest BCUT2D eigenvalue weighted by Gasteiger charge is -2.10. The Hall–Kier alpha value is -0.920. The lowest BCUT2D eigenvalue weighted by atomic mass is 10.2. The summed E-state index contributed by atoms with van der Waals surface area (Å²) in [6.07, 6.45) is 1.31. The first-order chi connectivity index (χ1) is 9.47. The van der Waals surface area contributed by atoms with Gasteiger partial charge in [-0.3, -0.25) is 4.98 Å². The number of rotatable bonds is 4. The summed E-state index contributed by atoms with van der Waals surface area (Å²) in [6.45, 7) is 0.249. The van der Waals surface area contributed by atoms with Gasteiger partial charge in [0.1, 0.15) is 12.4 Å². The standard InChI is InChI=1S/C13H8Br3NO3/c14-8-3-10(15)12(11(16)4-8)20-6-9-2-1-7(5-17-9)13(18)19/h1-5H,6H2,(H,18,19). The molecule has 2 aromatic rings. The first-order valence-electron chi connectivity index (χ1n) is 5.43. The Balaban J connectivity index is 2.11. The van der Waals surface area contributed by atoms with Crippen molar-refractivity contribution in [2.24, 2.45) is 0 Å². The molecule has 0 saturated carbocycles. The van der Waals surface area contributed by atoms with Crippen LogP contribution in [0.4, 0.5) is 0 Å². The highest BCUT2D eigenvalue weighted by molar-refractivity contribution is 9.11. The van der Waals surface area contributed by atoms with Crippen molar-refractivity contribution in [3.05, 3.63) is 55.1 Å². The predicted molar refractivity (Wildman–Crippen MR) is 85.1 cm³/mol. The largest absolute Gasteiger partial charge is 0.485 e. The summed E-state index contributed by atoms with van der Waals surface area (Å²) in [6, 6.07) is 6.88. The first kappa shape index (κ1) is 15.5. The molecular formula is C13H8Br3NO3. The van der Waals surface area contributed by atoms with Gasteiger partial charge in [0.25, 0.3) is 0 Å². The number of hydrogen-bond donors (Lipinski definition) is 1. The van der Waals surface area contributed by atoms with Crippen molar-refractivity contribution in [3.63, 3.8) is 0 Å². The number of halogens is 3. The number of carboxylic acids is 1. The Morgan fingerprint density at radius 3 is 2.35 bits per heavy atom. The molecule has 0 saturated heterocycles. The Bertz CT molecular complexity index is 621. The molecule has 0 fully saturated rings. The highest BCUT2D eigenvalue weighted by Gasteiger charge is 2.09. The average Bonchev–Trinajstić information content (AvgIpc) is 2.38. The highest BCUT2D eigenvalue weighted by Crippen LogP contribution is 2.36. The molecule has 1 aromatic heterocycles. The maximum Gasteiger partial charge on any atom is 0.337 e. The number of ether oxygens (including phenoxy) is 1. The van der Waals surface area contributed by atoms with E-state index in [4.69, 9.17) is 9.84 Å². The van der Waals surface area contributed by atoms with E-state index in [0.717, 1.165) is 13.4 Å². The lowest BCUT2D eigenvalue weighted by Crippen LogP contribution is -2.02. The third-order valence-electron chi connectivity index (χ3n) is 2.40. The minimum atomic E-state index is -0.997. The fraction of sp³-hybridized carbons (Fsp3) is 0.0769. The van der Waals surface area contributed by atoms with Gasteiger partial charge in [0.2, 0.25) is 0 Å². The SMILES string of the molecule is O=C(O)c1ccc(COc2c(Br)cc(Br)cc2Br)nc1. The van der Waals surface area contributed by atoms with Crippen LogP contribution in [0.2, 0.25) is 0 Å². The summed E-state index contributed by atoms with van der Waals surface area (Å²) in [7, 11) is 0. The van der Waals surface area contributed by atoms with Gasteiger partial charge in [-0.1, -0.05) is 15.9 Å². The molecule has 2 rings (SSSR count). The van der Waals surface area contributed by atoms with E-state index in [9.17, 15) is 4.79 Å². The number of carboxylic acid groups (broad SMARTS) is 1. The highest BCUT2D eigenvalue weighted by atomic mass is 79.9. The summed E-state index contributed by atoms with van der Waals surface area (Å²) in [4.78, 5) is 14.8. The van der Waals surface area contributed by atoms with Gasteiger partial charge in [0.05, 0.1) is 20.2 Å². The normalized spacial score (nSPS) is 10.3. The molecule has 0 aliphatic carbocycles. The Kier molecular flexibility index (Phi) is 5.17. The third-order valence-corrected chi connectivity index (χ3v) is 4.04. The molecule has 0 bridgehead atoms. The zero-order chi connectivity index (χ0) is 14.7. The summed E-state index contributed by atoms with van der Waals surface area (Å²) in [5, 5.41) is 8.79. The van der Waals surface area contributed by atoms with Gasteiger partial charge >= 0.3 is 5.97 Å². The Morgan fingerprint density at radius 2 is 1.85 bits per heavy atom. The van der Waals surface area contributed by atoms with E-state index in [1.54, 1.807) is 6.07 Å². The van der Waals surface area contributed by atoms with Crippen molar-refractivity contribution in [1.82, 2.24) is 4.98 Å². The van der Waals surface area contributed by atoms with Crippen molar-refractivity contribution >= 4 is 53.8 Å². The van der Waals surface area contributed by atoms with Crippen LogP contribution in [-0.4, -0.2) is 16.1 Å². The van der Waals surface area contributed by atoms with Crippen LogP contribution in [0.15, 0.2) is 43.9 Å². The molecule has 0 radical (unpaired) electrons. The van der Waals surface area contributed by atoms with E-state index < -0.39 is 5.97 Å². The zero-order valence-corrected chi connectivity index (χ0v) is 14.7. The van der Waals surface area contributed by atoms with Crippen molar-refractivity contribution in [2.45, 2.75) is 6.61 Å². The molecule has 0 atom stereocenters. The summed E-state index contributed by atoms with van der Waals surface area (Å²) in [5.74, 6) is -0.333. The molecule has 1 heterocycles. The summed E-state index contributed by atoms with van der Waals surface area (Å²) in [5.41, 5.74) is 0.802. The van der Waals surface area contributed by atoms with Crippen molar-refractivity contribution in [1.29, 1.82) is 0 Å². The van der Waals surface area contributed by atoms with E-state index in [1.165, 1.54) is 12.3 Å². The van der Waals surface area contributed by atoms with Gasteiger partial charge in [-0.05, 0) is 56.1 Å². The molecule has 4 nitrogen and oxygen atoms in total. The van der Waals surface area contributed by atoms with Crippen molar-refractivity contribution in [3.8, 4) is 5.75 Å². The van der Waals surface area contributed by atoms with Gasteiger partial charge in [0.15, 0.2) is 0 Å². The zero-order valence-electron chi connectivity index (χ0n) is 9.94. The number of benzene rings is 1. The first-order valence-corrected chi connectivity index (χ1v) is 7.81. The van der Waals surface area contributed by atoms with E-state index in [0.29, 0.717) is 11.4 Å². The van der Waals surface area contributed by atoms with Crippen LogP contribution in [0.25, 0.3) is 0 Å². The minimum Gasteiger partial charge on any atom is -0.485 e. The second-order valence-corrected chi connectivity index (χ2v) is 6.45. The predicted octanol–water partition coefficient (Wildman–Crippen LogP) is 4.65. The number of nitrogens with zero attached hydrogens (tertiary/aromatic N) is 1. The monoisotopic (exact) mass is 463 g/mol. The molecule has 1 N–H and O–H groups in total.